The molecular weight excluding hydrogens is 200 g/mol. The van der Waals surface area contributed by atoms with Gasteiger partial charge in [0.2, 0.25) is 5.95 Å². The molecule has 0 radical (unpaired) electrons. The van der Waals surface area contributed by atoms with Gasteiger partial charge in [-0.25, -0.2) is 4.98 Å². The van der Waals surface area contributed by atoms with Crippen molar-refractivity contribution < 1.29 is 0 Å². The van der Waals surface area contributed by atoms with E-state index in [0.29, 0.717) is 12.1 Å². The highest BCUT2D eigenvalue weighted by atomic mass is 15.3. The number of nitrogens with two attached hydrogens (primary N) is 1. The Balaban J connectivity index is 2.04. The standard InChI is InChI=1S/C12H22N4/c1-3-16-9-8-14-12(16)15(2)11-6-4-10(13)5-7-11/h8-11H,3-7,13H2,1-2H3. The summed E-state index contributed by atoms with van der Waals surface area (Å²) in [6.45, 7) is 3.13. The van der Waals surface area contributed by atoms with Crippen molar-refractivity contribution in [2.45, 2.75) is 51.2 Å². The molecule has 1 fully saturated rings. The Bertz CT molecular complexity index is 326. The second-order valence-corrected chi connectivity index (χ2v) is 4.69. The van der Waals surface area contributed by atoms with Crippen molar-refractivity contribution in [3.8, 4) is 0 Å². The summed E-state index contributed by atoms with van der Waals surface area (Å²) in [6, 6.07) is 1.02. The predicted molar refractivity (Wildman–Crippen MR) is 66.5 cm³/mol. The fourth-order valence-corrected chi connectivity index (χ4v) is 2.51. The van der Waals surface area contributed by atoms with Gasteiger partial charge in [-0.1, -0.05) is 0 Å². The number of anilines is 1. The van der Waals surface area contributed by atoms with Crippen LogP contribution in [0.3, 0.4) is 0 Å². The Morgan fingerprint density at radius 3 is 2.75 bits per heavy atom. The molecule has 2 N–H and O–H groups in total. The van der Waals surface area contributed by atoms with Gasteiger partial charge in [0.15, 0.2) is 0 Å². The van der Waals surface area contributed by atoms with Crippen LogP contribution in [-0.2, 0) is 6.54 Å². The number of aromatic nitrogens is 2. The van der Waals surface area contributed by atoms with Crippen LogP contribution in [-0.4, -0.2) is 28.7 Å². The van der Waals surface area contributed by atoms with E-state index in [4.69, 9.17) is 5.73 Å². The van der Waals surface area contributed by atoms with E-state index >= 15 is 0 Å². The summed E-state index contributed by atoms with van der Waals surface area (Å²) in [7, 11) is 2.15. The van der Waals surface area contributed by atoms with Crippen LogP contribution in [0.4, 0.5) is 5.95 Å². The van der Waals surface area contributed by atoms with Crippen molar-refractivity contribution >= 4 is 5.95 Å². The summed E-state index contributed by atoms with van der Waals surface area (Å²) in [5.74, 6) is 1.09. The Kier molecular flexibility index (Phi) is 3.49. The van der Waals surface area contributed by atoms with E-state index < -0.39 is 0 Å². The average molecular weight is 222 g/mol. The van der Waals surface area contributed by atoms with Crippen LogP contribution in [0.5, 0.6) is 0 Å². The number of rotatable bonds is 3. The third kappa shape index (κ3) is 2.21. The van der Waals surface area contributed by atoms with Gasteiger partial charge in [-0.15, -0.1) is 0 Å². The van der Waals surface area contributed by atoms with Crippen LogP contribution in [0.25, 0.3) is 0 Å². The molecule has 1 aliphatic carbocycles. The maximum absolute atomic E-state index is 5.93. The third-order valence-electron chi connectivity index (χ3n) is 3.64. The van der Waals surface area contributed by atoms with E-state index in [1.54, 1.807) is 0 Å². The summed E-state index contributed by atoms with van der Waals surface area (Å²) < 4.78 is 2.19. The number of imidazole rings is 1. The minimum atomic E-state index is 0.413. The highest BCUT2D eigenvalue weighted by Crippen LogP contribution is 2.24. The van der Waals surface area contributed by atoms with Gasteiger partial charge in [0.05, 0.1) is 0 Å². The number of aryl methyl sites for hydroxylation is 1. The van der Waals surface area contributed by atoms with Crippen molar-refractivity contribution in [1.29, 1.82) is 0 Å². The largest absolute Gasteiger partial charge is 0.342 e. The first-order valence-corrected chi connectivity index (χ1v) is 6.22. The molecule has 4 nitrogen and oxygen atoms in total. The molecule has 0 atom stereocenters. The van der Waals surface area contributed by atoms with Crippen LogP contribution >= 0.6 is 0 Å². The second-order valence-electron chi connectivity index (χ2n) is 4.69. The van der Waals surface area contributed by atoms with Crippen molar-refractivity contribution in [3.05, 3.63) is 12.4 Å². The fourth-order valence-electron chi connectivity index (χ4n) is 2.51. The van der Waals surface area contributed by atoms with Gasteiger partial charge in [0.25, 0.3) is 0 Å². The van der Waals surface area contributed by atoms with Gasteiger partial charge in [-0.3, -0.25) is 0 Å². The van der Waals surface area contributed by atoms with E-state index in [1.807, 2.05) is 12.4 Å². The van der Waals surface area contributed by atoms with Crippen LogP contribution in [0, 0.1) is 0 Å². The van der Waals surface area contributed by atoms with Gasteiger partial charge < -0.3 is 15.2 Å². The van der Waals surface area contributed by atoms with Gasteiger partial charge in [-0.2, -0.15) is 0 Å². The topological polar surface area (TPSA) is 47.1 Å². The summed E-state index contributed by atoms with van der Waals surface area (Å²) >= 11 is 0. The zero-order chi connectivity index (χ0) is 11.5. The van der Waals surface area contributed by atoms with Crippen molar-refractivity contribution in [1.82, 2.24) is 9.55 Å². The first-order valence-electron chi connectivity index (χ1n) is 6.22. The van der Waals surface area contributed by atoms with E-state index in [0.717, 1.165) is 25.3 Å². The van der Waals surface area contributed by atoms with Crippen molar-refractivity contribution in [3.63, 3.8) is 0 Å². The molecule has 16 heavy (non-hydrogen) atoms. The molecule has 1 heterocycles. The fraction of sp³-hybridized carbons (Fsp3) is 0.750. The molecule has 0 unspecified atom stereocenters. The molecule has 0 amide bonds. The SMILES string of the molecule is CCn1ccnc1N(C)C1CCC(N)CC1. The first kappa shape index (κ1) is 11.5. The molecule has 4 heteroatoms. The van der Waals surface area contributed by atoms with Crippen LogP contribution in [0.1, 0.15) is 32.6 Å². The maximum Gasteiger partial charge on any atom is 0.205 e. The monoisotopic (exact) mass is 222 g/mol. The van der Waals surface area contributed by atoms with E-state index in [9.17, 15) is 0 Å². The van der Waals surface area contributed by atoms with E-state index in [2.05, 4.69) is 28.4 Å². The zero-order valence-corrected chi connectivity index (χ0v) is 10.3. The molecule has 1 aromatic rings. The lowest BCUT2D eigenvalue weighted by atomic mass is 9.91. The molecule has 1 saturated carbocycles. The predicted octanol–water partition coefficient (Wildman–Crippen LogP) is 1.61. The lowest BCUT2D eigenvalue weighted by molar-refractivity contribution is 0.380. The Labute approximate surface area is 97.4 Å². The molecular formula is C12H22N4. The molecule has 0 aliphatic heterocycles. The summed E-state index contributed by atoms with van der Waals surface area (Å²) in [5, 5.41) is 0. The first-order chi connectivity index (χ1) is 7.72. The zero-order valence-electron chi connectivity index (χ0n) is 10.3. The second kappa shape index (κ2) is 4.87. The van der Waals surface area contributed by atoms with Crippen molar-refractivity contribution in [2.24, 2.45) is 5.73 Å². The Hall–Kier alpha value is -1.03. The summed E-state index contributed by atoms with van der Waals surface area (Å²) in [4.78, 5) is 6.75. The average Bonchev–Trinajstić information content (AvgIpc) is 2.77. The van der Waals surface area contributed by atoms with Gasteiger partial charge in [0.1, 0.15) is 0 Å². The normalized spacial score (nSPS) is 25.7. The Morgan fingerprint density at radius 1 is 1.44 bits per heavy atom. The molecule has 90 valence electrons. The Morgan fingerprint density at radius 2 is 2.12 bits per heavy atom. The van der Waals surface area contributed by atoms with Crippen molar-refractivity contribution in [2.75, 3.05) is 11.9 Å². The number of hydrogen-bond donors (Lipinski definition) is 1. The quantitative estimate of drug-likeness (QED) is 0.845. The third-order valence-corrected chi connectivity index (χ3v) is 3.64. The van der Waals surface area contributed by atoms with E-state index in [1.165, 1.54) is 12.8 Å². The van der Waals surface area contributed by atoms with Gasteiger partial charge in [-0.05, 0) is 32.6 Å². The molecule has 1 aliphatic rings. The van der Waals surface area contributed by atoms with Crippen LogP contribution < -0.4 is 10.6 Å². The minimum absolute atomic E-state index is 0.413. The number of nitrogens with zero attached hydrogens (tertiary/aromatic N) is 3. The highest BCUT2D eigenvalue weighted by molar-refractivity contribution is 5.31. The lowest BCUT2D eigenvalue weighted by Crippen LogP contribution is -2.39. The molecule has 2 rings (SSSR count). The van der Waals surface area contributed by atoms with E-state index in [-0.39, 0.29) is 0 Å². The molecule has 1 aromatic heterocycles. The van der Waals surface area contributed by atoms with Gasteiger partial charge in [0, 0.05) is 38.1 Å². The molecule has 0 bridgehead atoms. The highest BCUT2D eigenvalue weighted by Gasteiger charge is 2.23. The minimum Gasteiger partial charge on any atom is -0.342 e. The van der Waals surface area contributed by atoms with Crippen LogP contribution in [0.2, 0.25) is 0 Å². The smallest absolute Gasteiger partial charge is 0.205 e. The maximum atomic E-state index is 5.93. The number of hydrogen-bond acceptors (Lipinski definition) is 3. The summed E-state index contributed by atoms with van der Waals surface area (Å²) in [5.41, 5.74) is 5.93. The van der Waals surface area contributed by atoms with Gasteiger partial charge >= 0.3 is 0 Å². The lowest BCUT2D eigenvalue weighted by Gasteiger charge is -2.34. The molecule has 0 spiro atoms. The van der Waals surface area contributed by atoms with Crippen LogP contribution in [0.15, 0.2) is 12.4 Å². The summed E-state index contributed by atoms with van der Waals surface area (Å²) in [6.07, 6.45) is 8.58. The molecule has 0 saturated heterocycles. The molecule has 0 aromatic carbocycles.